The average Bonchev–Trinajstić information content (AvgIpc) is 2.97. The fourth-order valence-electron chi connectivity index (χ4n) is 1.35. The topological polar surface area (TPSA) is 68.1 Å². The van der Waals surface area contributed by atoms with E-state index in [1.807, 2.05) is 12.3 Å². The average molecular weight is 269 g/mol. The summed E-state index contributed by atoms with van der Waals surface area (Å²) in [7, 11) is 0. The lowest BCUT2D eigenvalue weighted by molar-refractivity contribution is -0.380. The van der Waals surface area contributed by atoms with Crippen LogP contribution < -0.4 is 5.32 Å². The first-order valence-corrected chi connectivity index (χ1v) is 6.72. The zero-order valence-electron chi connectivity index (χ0n) is 9.12. The van der Waals surface area contributed by atoms with Crippen molar-refractivity contribution in [2.45, 2.75) is 19.5 Å². The summed E-state index contributed by atoms with van der Waals surface area (Å²) < 4.78 is 0. The molecule has 0 saturated carbocycles. The van der Waals surface area contributed by atoms with Crippen LogP contribution >= 0.6 is 22.7 Å². The van der Waals surface area contributed by atoms with E-state index in [0.29, 0.717) is 6.54 Å². The highest BCUT2D eigenvalue weighted by atomic mass is 32.1. The predicted octanol–water partition coefficient (Wildman–Crippen LogP) is 2.96. The number of thiazole rings is 1. The largest absolute Gasteiger partial charge is 0.324 e. The summed E-state index contributed by atoms with van der Waals surface area (Å²) in [5, 5.41) is 17.0. The van der Waals surface area contributed by atoms with E-state index in [2.05, 4.69) is 10.3 Å². The van der Waals surface area contributed by atoms with Crippen LogP contribution in [0.4, 0.5) is 5.00 Å². The van der Waals surface area contributed by atoms with Gasteiger partial charge in [0.05, 0.1) is 11.0 Å². The highest BCUT2D eigenvalue weighted by Crippen LogP contribution is 2.24. The number of nitrogens with zero attached hydrogens (tertiary/aromatic N) is 2. The molecule has 5 nitrogen and oxygen atoms in total. The minimum absolute atomic E-state index is 0.163. The van der Waals surface area contributed by atoms with Gasteiger partial charge in [-0.3, -0.25) is 10.1 Å². The number of rotatable bonds is 5. The number of nitro groups is 1. The third-order valence-corrected chi connectivity index (χ3v) is 4.23. The van der Waals surface area contributed by atoms with Crippen molar-refractivity contribution in [1.29, 1.82) is 0 Å². The minimum Gasteiger partial charge on any atom is -0.303 e. The molecule has 0 aliphatic heterocycles. The van der Waals surface area contributed by atoms with Gasteiger partial charge in [0, 0.05) is 29.1 Å². The summed E-state index contributed by atoms with van der Waals surface area (Å²) in [6, 6.07) is 3.48. The van der Waals surface area contributed by atoms with Gasteiger partial charge in [-0.1, -0.05) is 11.3 Å². The second kappa shape index (κ2) is 5.35. The Balaban J connectivity index is 1.91. The molecule has 1 atom stereocenters. The van der Waals surface area contributed by atoms with Crippen LogP contribution in [0.15, 0.2) is 23.7 Å². The summed E-state index contributed by atoms with van der Waals surface area (Å²) >= 11 is 2.80. The maximum atomic E-state index is 10.5. The molecule has 0 aromatic carbocycles. The lowest BCUT2D eigenvalue weighted by atomic mass is 10.3. The fourth-order valence-corrected chi connectivity index (χ4v) is 2.79. The first-order valence-electron chi connectivity index (χ1n) is 5.02. The third kappa shape index (κ3) is 3.09. The van der Waals surface area contributed by atoms with Gasteiger partial charge in [-0.2, -0.15) is 0 Å². The van der Waals surface area contributed by atoms with Gasteiger partial charge in [-0.15, -0.1) is 11.3 Å². The van der Waals surface area contributed by atoms with Crippen molar-refractivity contribution in [2.24, 2.45) is 0 Å². The Kier molecular flexibility index (Phi) is 3.82. The maximum Gasteiger partial charge on any atom is 0.324 e. The molecule has 2 aromatic heterocycles. The van der Waals surface area contributed by atoms with Crippen LogP contribution in [-0.2, 0) is 6.54 Å². The summed E-state index contributed by atoms with van der Waals surface area (Å²) in [4.78, 5) is 15.3. The number of nitrogens with one attached hydrogen (secondary N) is 1. The maximum absolute atomic E-state index is 10.5. The molecule has 0 spiro atoms. The monoisotopic (exact) mass is 269 g/mol. The molecule has 17 heavy (non-hydrogen) atoms. The Morgan fingerprint density at radius 3 is 3.00 bits per heavy atom. The van der Waals surface area contributed by atoms with E-state index in [1.54, 1.807) is 23.6 Å². The van der Waals surface area contributed by atoms with Gasteiger partial charge in [0.1, 0.15) is 5.01 Å². The Morgan fingerprint density at radius 2 is 2.41 bits per heavy atom. The standard InChI is InChI=1S/C10H11N3O2S2/c1-7(10-11-4-5-16-10)12-6-8-2-3-9(17-8)13(14)15/h2-5,7,12H,6H2,1H3. The lowest BCUT2D eigenvalue weighted by Gasteiger charge is -2.09. The van der Waals surface area contributed by atoms with Crippen LogP contribution in [0.25, 0.3) is 0 Å². The molecule has 1 N–H and O–H groups in total. The Bertz CT molecular complexity index is 495. The molecule has 0 saturated heterocycles. The van der Waals surface area contributed by atoms with Crippen molar-refractivity contribution in [3.63, 3.8) is 0 Å². The van der Waals surface area contributed by atoms with Crippen molar-refractivity contribution in [1.82, 2.24) is 10.3 Å². The molecular weight excluding hydrogens is 258 g/mol. The minimum atomic E-state index is -0.363. The van der Waals surface area contributed by atoms with Gasteiger partial charge in [0.2, 0.25) is 0 Å². The fraction of sp³-hybridized carbons (Fsp3) is 0.300. The van der Waals surface area contributed by atoms with E-state index >= 15 is 0 Å². The summed E-state index contributed by atoms with van der Waals surface area (Å²) in [6.07, 6.45) is 1.77. The van der Waals surface area contributed by atoms with Crippen LogP contribution in [-0.4, -0.2) is 9.91 Å². The number of hydrogen-bond donors (Lipinski definition) is 1. The molecule has 1 unspecified atom stereocenters. The quantitative estimate of drug-likeness (QED) is 0.669. The number of hydrogen-bond acceptors (Lipinski definition) is 6. The lowest BCUT2D eigenvalue weighted by Crippen LogP contribution is -2.17. The van der Waals surface area contributed by atoms with E-state index in [0.717, 1.165) is 9.88 Å². The molecule has 2 heterocycles. The predicted molar refractivity (Wildman–Crippen MR) is 68.3 cm³/mol. The first kappa shape index (κ1) is 12.2. The molecule has 0 fully saturated rings. The van der Waals surface area contributed by atoms with Crippen LogP contribution in [0, 0.1) is 10.1 Å². The Morgan fingerprint density at radius 1 is 1.59 bits per heavy atom. The molecule has 2 rings (SSSR count). The van der Waals surface area contributed by atoms with Crippen molar-refractivity contribution in [3.8, 4) is 0 Å². The van der Waals surface area contributed by atoms with E-state index in [-0.39, 0.29) is 16.0 Å². The summed E-state index contributed by atoms with van der Waals surface area (Å²) in [6.45, 7) is 2.65. The van der Waals surface area contributed by atoms with Crippen LogP contribution in [0.1, 0.15) is 22.9 Å². The Hall–Kier alpha value is -1.31. The number of thiophene rings is 1. The molecule has 0 aliphatic rings. The smallest absolute Gasteiger partial charge is 0.303 e. The van der Waals surface area contributed by atoms with Gasteiger partial charge >= 0.3 is 5.00 Å². The molecule has 2 aromatic rings. The molecule has 7 heteroatoms. The van der Waals surface area contributed by atoms with Crippen LogP contribution in [0.2, 0.25) is 0 Å². The highest BCUT2D eigenvalue weighted by Gasteiger charge is 2.11. The first-order chi connectivity index (χ1) is 8.16. The van der Waals surface area contributed by atoms with Gasteiger partial charge in [0.15, 0.2) is 0 Å². The van der Waals surface area contributed by atoms with E-state index < -0.39 is 0 Å². The van der Waals surface area contributed by atoms with Gasteiger partial charge in [0.25, 0.3) is 0 Å². The van der Waals surface area contributed by atoms with E-state index in [9.17, 15) is 10.1 Å². The normalized spacial score (nSPS) is 12.5. The van der Waals surface area contributed by atoms with E-state index in [4.69, 9.17) is 0 Å². The van der Waals surface area contributed by atoms with Gasteiger partial charge in [-0.25, -0.2) is 4.98 Å². The zero-order valence-corrected chi connectivity index (χ0v) is 10.8. The van der Waals surface area contributed by atoms with Crippen molar-refractivity contribution >= 4 is 27.7 Å². The zero-order chi connectivity index (χ0) is 12.3. The molecule has 90 valence electrons. The van der Waals surface area contributed by atoms with Gasteiger partial charge < -0.3 is 5.32 Å². The van der Waals surface area contributed by atoms with Gasteiger partial charge in [-0.05, 0) is 13.0 Å². The van der Waals surface area contributed by atoms with Crippen LogP contribution in [0.3, 0.4) is 0 Å². The van der Waals surface area contributed by atoms with E-state index in [1.165, 1.54) is 17.4 Å². The summed E-state index contributed by atoms with van der Waals surface area (Å²) in [5.41, 5.74) is 0. The third-order valence-electron chi connectivity index (χ3n) is 2.23. The van der Waals surface area contributed by atoms with Crippen molar-refractivity contribution in [2.75, 3.05) is 0 Å². The highest BCUT2D eigenvalue weighted by molar-refractivity contribution is 7.15. The van der Waals surface area contributed by atoms with Crippen molar-refractivity contribution in [3.05, 3.63) is 43.7 Å². The number of aromatic nitrogens is 1. The van der Waals surface area contributed by atoms with Crippen LogP contribution in [0.5, 0.6) is 0 Å². The summed E-state index contributed by atoms with van der Waals surface area (Å²) in [5.74, 6) is 0. The molecule has 0 aliphatic carbocycles. The molecule has 0 amide bonds. The second-order valence-electron chi connectivity index (χ2n) is 3.47. The molecular formula is C10H11N3O2S2. The van der Waals surface area contributed by atoms with Crippen molar-refractivity contribution < 1.29 is 4.92 Å². The molecule has 0 bridgehead atoms. The molecule has 0 radical (unpaired) electrons. The Labute approximate surface area is 106 Å². The second-order valence-corrected chi connectivity index (χ2v) is 5.54. The SMILES string of the molecule is CC(NCc1ccc([N+](=O)[O-])s1)c1nccs1.